The molecular weight excluding hydrogens is 357 g/mol. The number of H-pyrrole nitrogens is 1. The molecule has 0 fully saturated rings. The van der Waals surface area contributed by atoms with Gasteiger partial charge >= 0.3 is 12.3 Å². The van der Waals surface area contributed by atoms with Crippen LogP contribution in [0.25, 0.3) is 0 Å². The highest BCUT2D eigenvalue weighted by molar-refractivity contribution is 6.05. The first-order valence-electron chi connectivity index (χ1n) is 7.25. The summed E-state index contributed by atoms with van der Waals surface area (Å²) in [6, 6.07) is 5.71. The third-order valence-corrected chi connectivity index (χ3v) is 3.08. The number of nitrogens with zero attached hydrogens (tertiary/aromatic N) is 3. The quantitative estimate of drug-likeness (QED) is 0.730. The number of carbonyl (C=O) groups excluding carboxylic acids is 2. The van der Waals surface area contributed by atoms with Gasteiger partial charge in [0, 0.05) is 20.1 Å². The number of rotatable bonds is 5. The largest absolute Gasteiger partial charge is 0.451 e. The maximum absolute atomic E-state index is 12.5. The summed E-state index contributed by atoms with van der Waals surface area (Å²) in [4.78, 5) is 28.5. The van der Waals surface area contributed by atoms with Crippen LogP contribution in [0, 0.1) is 0 Å². The summed E-state index contributed by atoms with van der Waals surface area (Å²) in [5.74, 6) is -2.84. The second kappa shape index (κ2) is 7.82. The smallest absolute Gasteiger partial charge is 0.409 e. The second-order valence-electron chi connectivity index (χ2n) is 5.03. The zero-order valence-electron chi connectivity index (χ0n) is 13.5. The first-order valence-corrected chi connectivity index (χ1v) is 7.25. The van der Waals surface area contributed by atoms with Gasteiger partial charge in [0.1, 0.15) is 5.75 Å². The number of likely N-dealkylation sites (N-methyl/N-ethyl adjacent to an activating group) is 1. The summed E-state index contributed by atoms with van der Waals surface area (Å²) in [5, 5.41) is 7.05. The number of aromatic nitrogens is 3. The number of nitrogens with two attached hydrogens (primary N) is 1. The van der Waals surface area contributed by atoms with Gasteiger partial charge in [0.05, 0.1) is 5.56 Å². The van der Waals surface area contributed by atoms with E-state index in [9.17, 15) is 22.8 Å². The number of halogens is 3. The van der Waals surface area contributed by atoms with Crippen molar-refractivity contribution in [3.63, 3.8) is 0 Å². The van der Waals surface area contributed by atoms with Crippen molar-refractivity contribution in [1.29, 1.82) is 0 Å². The fourth-order valence-corrected chi connectivity index (χ4v) is 1.81. The van der Waals surface area contributed by atoms with Crippen LogP contribution in [0.2, 0.25) is 0 Å². The Morgan fingerprint density at radius 3 is 2.65 bits per heavy atom. The lowest BCUT2D eigenvalue weighted by Gasteiger charge is -2.16. The van der Waals surface area contributed by atoms with Crippen LogP contribution < -0.4 is 15.8 Å². The molecule has 1 aromatic heterocycles. The SMILES string of the molecule is CN(CCN)C(=O)Oc1ccccc1C(=O)Nc1n[nH]c(C(F)(F)F)n1. The molecule has 26 heavy (non-hydrogen) atoms. The number of anilines is 1. The average Bonchev–Trinajstić information content (AvgIpc) is 3.04. The van der Waals surface area contributed by atoms with Gasteiger partial charge in [-0.15, -0.1) is 5.10 Å². The van der Waals surface area contributed by atoms with Gasteiger partial charge in [0.2, 0.25) is 11.8 Å². The normalized spacial score (nSPS) is 11.1. The number of para-hydroxylation sites is 1. The van der Waals surface area contributed by atoms with Crippen LogP contribution in [0.3, 0.4) is 0 Å². The van der Waals surface area contributed by atoms with Crippen LogP contribution in [-0.4, -0.2) is 52.2 Å². The number of amides is 2. The van der Waals surface area contributed by atoms with E-state index < -0.39 is 29.9 Å². The Bertz CT molecular complexity index is 792. The van der Waals surface area contributed by atoms with E-state index in [1.807, 2.05) is 0 Å². The van der Waals surface area contributed by atoms with Crippen molar-refractivity contribution in [3.8, 4) is 5.75 Å². The minimum atomic E-state index is -4.73. The zero-order valence-corrected chi connectivity index (χ0v) is 13.5. The standard InChI is InChI=1S/C14H15F3N6O3/c1-23(7-6-18)13(25)26-9-5-3-2-4-8(9)10(24)19-12-20-11(21-22-12)14(15,16)17/h2-5H,6-7,18H2,1H3,(H2,19,20,21,22,24). The first-order chi connectivity index (χ1) is 12.2. The van der Waals surface area contributed by atoms with Crippen molar-refractivity contribution in [2.24, 2.45) is 5.73 Å². The maximum atomic E-state index is 12.5. The number of hydrogen-bond donors (Lipinski definition) is 3. The maximum Gasteiger partial charge on any atom is 0.451 e. The van der Waals surface area contributed by atoms with Crippen molar-refractivity contribution in [1.82, 2.24) is 20.1 Å². The lowest BCUT2D eigenvalue weighted by atomic mass is 10.2. The molecule has 0 saturated carbocycles. The molecule has 9 nitrogen and oxygen atoms in total. The highest BCUT2D eigenvalue weighted by atomic mass is 19.4. The molecule has 0 aliphatic rings. The lowest BCUT2D eigenvalue weighted by molar-refractivity contribution is -0.144. The molecule has 12 heteroatoms. The number of hydrogen-bond acceptors (Lipinski definition) is 6. The average molecular weight is 372 g/mol. The number of benzene rings is 1. The van der Waals surface area contributed by atoms with Crippen LogP contribution >= 0.6 is 0 Å². The molecule has 0 saturated heterocycles. The number of nitrogens with one attached hydrogen (secondary N) is 2. The van der Waals surface area contributed by atoms with E-state index >= 15 is 0 Å². The van der Waals surface area contributed by atoms with Gasteiger partial charge in [-0.3, -0.25) is 15.2 Å². The van der Waals surface area contributed by atoms with Crippen molar-refractivity contribution in [3.05, 3.63) is 35.7 Å². The van der Waals surface area contributed by atoms with E-state index in [4.69, 9.17) is 10.5 Å². The van der Waals surface area contributed by atoms with Crippen molar-refractivity contribution in [2.75, 3.05) is 25.5 Å². The van der Waals surface area contributed by atoms with Crippen LogP contribution in [-0.2, 0) is 6.18 Å². The second-order valence-corrected chi connectivity index (χ2v) is 5.03. The molecule has 1 heterocycles. The monoisotopic (exact) mass is 372 g/mol. The van der Waals surface area contributed by atoms with E-state index in [1.165, 1.54) is 36.2 Å². The van der Waals surface area contributed by atoms with Crippen molar-refractivity contribution in [2.45, 2.75) is 6.18 Å². The van der Waals surface area contributed by atoms with E-state index in [2.05, 4.69) is 15.4 Å². The van der Waals surface area contributed by atoms with E-state index in [0.29, 0.717) is 0 Å². The molecular formula is C14H15F3N6O3. The predicted molar refractivity (Wildman–Crippen MR) is 83.5 cm³/mol. The van der Waals surface area contributed by atoms with Gasteiger partial charge in [0.15, 0.2) is 0 Å². The van der Waals surface area contributed by atoms with Gasteiger partial charge in [-0.1, -0.05) is 12.1 Å². The summed E-state index contributed by atoms with van der Waals surface area (Å²) in [6.07, 6.45) is -5.47. The minimum absolute atomic E-state index is 0.0783. The van der Waals surface area contributed by atoms with Crippen LogP contribution in [0.15, 0.2) is 24.3 Å². The van der Waals surface area contributed by atoms with Gasteiger partial charge in [-0.05, 0) is 12.1 Å². The predicted octanol–water partition coefficient (Wildman–Crippen LogP) is 1.47. The lowest BCUT2D eigenvalue weighted by Crippen LogP contribution is -2.34. The number of ether oxygens (including phenoxy) is 1. The minimum Gasteiger partial charge on any atom is -0.409 e. The summed E-state index contributed by atoms with van der Waals surface area (Å²) >= 11 is 0. The molecule has 0 unspecified atom stereocenters. The van der Waals surface area contributed by atoms with E-state index in [1.54, 1.807) is 5.10 Å². The number of alkyl halides is 3. The topological polar surface area (TPSA) is 126 Å². The van der Waals surface area contributed by atoms with Crippen LogP contribution in [0.4, 0.5) is 23.9 Å². The summed E-state index contributed by atoms with van der Waals surface area (Å²) < 4.78 is 42.6. The summed E-state index contributed by atoms with van der Waals surface area (Å²) in [5.41, 5.74) is 5.26. The third-order valence-electron chi connectivity index (χ3n) is 3.08. The van der Waals surface area contributed by atoms with Crippen molar-refractivity contribution < 1.29 is 27.5 Å². The fraction of sp³-hybridized carbons (Fsp3) is 0.286. The molecule has 0 aliphatic carbocycles. The van der Waals surface area contributed by atoms with Gasteiger partial charge in [0.25, 0.3) is 5.91 Å². The molecule has 2 aromatic rings. The molecule has 0 radical (unpaired) electrons. The highest BCUT2D eigenvalue weighted by Crippen LogP contribution is 2.26. The van der Waals surface area contributed by atoms with Gasteiger partial charge in [-0.25, -0.2) is 4.79 Å². The molecule has 0 bridgehead atoms. The van der Waals surface area contributed by atoms with E-state index in [-0.39, 0.29) is 24.4 Å². The molecule has 0 spiro atoms. The van der Waals surface area contributed by atoms with Gasteiger partial charge in [-0.2, -0.15) is 18.2 Å². The van der Waals surface area contributed by atoms with Gasteiger partial charge < -0.3 is 15.4 Å². The van der Waals surface area contributed by atoms with Crippen LogP contribution in [0.5, 0.6) is 5.75 Å². The highest BCUT2D eigenvalue weighted by Gasteiger charge is 2.35. The summed E-state index contributed by atoms with van der Waals surface area (Å²) in [6.45, 7) is 0.463. The Balaban J connectivity index is 2.14. The van der Waals surface area contributed by atoms with Crippen molar-refractivity contribution >= 4 is 17.9 Å². The number of carbonyl (C=O) groups is 2. The number of aromatic amines is 1. The zero-order chi connectivity index (χ0) is 19.3. The van der Waals surface area contributed by atoms with Crippen LogP contribution in [0.1, 0.15) is 16.2 Å². The molecule has 2 rings (SSSR count). The Morgan fingerprint density at radius 1 is 1.35 bits per heavy atom. The Hall–Kier alpha value is -3.15. The molecule has 0 atom stereocenters. The Morgan fingerprint density at radius 2 is 2.04 bits per heavy atom. The summed E-state index contributed by atoms with van der Waals surface area (Å²) in [7, 11) is 1.46. The van der Waals surface area contributed by atoms with E-state index in [0.717, 1.165) is 0 Å². The molecule has 140 valence electrons. The Labute approximate surface area is 145 Å². The molecule has 0 aliphatic heterocycles. The molecule has 2 amide bonds. The molecule has 1 aromatic carbocycles. The third kappa shape index (κ3) is 4.69. The first kappa shape index (κ1) is 19.2. The molecule has 4 N–H and O–H groups in total. The Kier molecular flexibility index (Phi) is 5.77. The fourth-order valence-electron chi connectivity index (χ4n) is 1.81.